The van der Waals surface area contributed by atoms with Crippen LogP contribution in [0.15, 0.2) is 21.8 Å². The standard InChI is InChI=1S/C17H30N4O3S2/c1-4-18-17(19-13-16-5-11-25-14-16)20-6-8-21(9-7-20)26(22,23)12-10-24-15(2)3/h5,11,14-15H,4,6-10,12-13H2,1-3H3,(H,18,19). The van der Waals surface area contributed by atoms with Gasteiger partial charge in [0.25, 0.3) is 0 Å². The molecule has 0 atom stereocenters. The van der Waals surface area contributed by atoms with Crippen LogP contribution >= 0.6 is 11.3 Å². The Morgan fingerprint density at radius 1 is 1.35 bits per heavy atom. The van der Waals surface area contributed by atoms with Crippen molar-refractivity contribution >= 4 is 27.3 Å². The summed E-state index contributed by atoms with van der Waals surface area (Å²) in [7, 11) is -3.27. The van der Waals surface area contributed by atoms with Gasteiger partial charge in [-0.2, -0.15) is 15.6 Å². The maximum atomic E-state index is 12.4. The molecule has 0 amide bonds. The summed E-state index contributed by atoms with van der Waals surface area (Å²) < 4.78 is 31.8. The van der Waals surface area contributed by atoms with Crippen LogP contribution in [0.2, 0.25) is 0 Å². The monoisotopic (exact) mass is 402 g/mol. The van der Waals surface area contributed by atoms with Crippen LogP contribution < -0.4 is 5.32 Å². The van der Waals surface area contributed by atoms with Crippen LogP contribution in [0.4, 0.5) is 0 Å². The number of aliphatic imine (C=N–C) groups is 1. The first kappa shape index (κ1) is 21.1. The Labute approximate surface area is 161 Å². The highest BCUT2D eigenvalue weighted by atomic mass is 32.2. The van der Waals surface area contributed by atoms with E-state index in [1.165, 1.54) is 5.56 Å². The lowest BCUT2D eigenvalue weighted by molar-refractivity contribution is 0.0904. The Hall–Kier alpha value is -1.16. The highest BCUT2D eigenvalue weighted by molar-refractivity contribution is 7.89. The minimum Gasteiger partial charge on any atom is -0.378 e. The Kier molecular flexibility index (Phi) is 8.33. The van der Waals surface area contributed by atoms with Crippen LogP contribution in [0.25, 0.3) is 0 Å². The van der Waals surface area contributed by atoms with Crippen molar-refractivity contribution in [3.63, 3.8) is 0 Å². The molecule has 0 spiro atoms. The predicted octanol–water partition coefficient (Wildman–Crippen LogP) is 1.59. The van der Waals surface area contributed by atoms with E-state index in [0.29, 0.717) is 32.7 Å². The number of nitrogens with zero attached hydrogens (tertiary/aromatic N) is 3. The molecule has 1 N–H and O–H groups in total. The second kappa shape index (κ2) is 10.2. The molecule has 0 aromatic carbocycles. The summed E-state index contributed by atoms with van der Waals surface area (Å²) in [5.74, 6) is 0.885. The lowest BCUT2D eigenvalue weighted by Gasteiger charge is -2.35. The van der Waals surface area contributed by atoms with Gasteiger partial charge in [-0.1, -0.05) is 0 Å². The highest BCUT2D eigenvalue weighted by Gasteiger charge is 2.27. The first-order valence-electron chi connectivity index (χ1n) is 9.06. The summed E-state index contributed by atoms with van der Waals surface area (Å²) >= 11 is 1.66. The van der Waals surface area contributed by atoms with Gasteiger partial charge in [-0.25, -0.2) is 13.4 Å². The third-order valence-corrected chi connectivity index (χ3v) is 6.62. The zero-order valence-corrected chi connectivity index (χ0v) is 17.5. The van der Waals surface area contributed by atoms with E-state index in [0.717, 1.165) is 12.5 Å². The number of hydrogen-bond acceptors (Lipinski definition) is 5. The van der Waals surface area contributed by atoms with Crippen LogP contribution in [0.3, 0.4) is 0 Å². The molecule has 1 saturated heterocycles. The van der Waals surface area contributed by atoms with E-state index in [1.807, 2.05) is 26.2 Å². The summed E-state index contributed by atoms with van der Waals surface area (Å²) in [5, 5.41) is 7.45. The fourth-order valence-corrected chi connectivity index (χ4v) is 4.62. The molecule has 148 valence electrons. The van der Waals surface area contributed by atoms with Crippen LogP contribution in [-0.2, 0) is 21.3 Å². The van der Waals surface area contributed by atoms with E-state index in [1.54, 1.807) is 15.6 Å². The van der Waals surface area contributed by atoms with E-state index in [9.17, 15) is 8.42 Å². The van der Waals surface area contributed by atoms with Crippen molar-refractivity contribution in [2.45, 2.75) is 33.4 Å². The Morgan fingerprint density at radius 3 is 2.65 bits per heavy atom. The SMILES string of the molecule is CCNC(=NCc1ccsc1)N1CCN(S(=O)(=O)CCOC(C)C)CC1. The van der Waals surface area contributed by atoms with Crippen molar-refractivity contribution in [2.75, 3.05) is 45.1 Å². The molecule has 1 aliphatic rings. The minimum absolute atomic E-state index is 0.0392. The van der Waals surface area contributed by atoms with Crippen molar-refractivity contribution in [2.24, 2.45) is 4.99 Å². The quantitative estimate of drug-likeness (QED) is 0.528. The van der Waals surface area contributed by atoms with Gasteiger partial charge < -0.3 is 15.0 Å². The highest BCUT2D eigenvalue weighted by Crippen LogP contribution is 2.11. The van der Waals surface area contributed by atoms with E-state index in [4.69, 9.17) is 4.74 Å². The first-order chi connectivity index (χ1) is 12.4. The number of hydrogen-bond donors (Lipinski definition) is 1. The van der Waals surface area contributed by atoms with Gasteiger partial charge in [-0.3, -0.25) is 0 Å². The molecule has 26 heavy (non-hydrogen) atoms. The summed E-state index contributed by atoms with van der Waals surface area (Å²) in [5.41, 5.74) is 1.19. The molecule has 0 bridgehead atoms. The van der Waals surface area contributed by atoms with E-state index in [-0.39, 0.29) is 18.5 Å². The first-order valence-corrected chi connectivity index (χ1v) is 11.6. The maximum Gasteiger partial charge on any atom is 0.216 e. The van der Waals surface area contributed by atoms with Crippen molar-refractivity contribution < 1.29 is 13.2 Å². The van der Waals surface area contributed by atoms with Gasteiger partial charge in [0, 0.05) is 32.7 Å². The number of guanidine groups is 1. The number of ether oxygens (including phenoxy) is 1. The smallest absolute Gasteiger partial charge is 0.216 e. The summed E-state index contributed by atoms with van der Waals surface area (Å²) in [4.78, 5) is 6.82. The molecule has 0 aliphatic carbocycles. The third kappa shape index (κ3) is 6.53. The number of piperazine rings is 1. The lowest BCUT2D eigenvalue weighted by atomic mass is 10.3. The Morgan fingerprint density at radius 2 is 2.08 bits per heavy atom. The molecule has 0 radical (unpaired) electrons. The van der Waals surface area contributed by atoms with Crippen molar-refractivity contribution in [3.05, 3.63) is 22.4 Å². The van der Waals surface area contributed by atoms with Crippen molar-refractivity contribution in [3.8, 4) is 0 Å². The molecular weight excluding hydrogens is 372 g/mol. The van der Waals surface area contributed by atoms with Crippen LogP contribution in [0.1, 0.15) is 26.3 Å². The Bertz CT molecular complexity index is 652. The van der Waals surface area contributed by atoms with E-state index in [2.05, 4.69) is 26.7 Å². The van der Waals surface area contributed by atoms with Gasteiger partial charge in [0.05, 0.1) is 25.0 Å². The van der Waals surface area contributed by atoms with Gasteiger partial charge >= 0.3 is 0 Å². The summed E-state index contributed by atoms with van der Waals surface area (Å²) in [6, 6.07) is 2.07. The molecule has 1 fully saturated rings. The molecule has 0 saturated carbocycles. The molecule has 7 nitrogen and oxygen atoms in total. The maximum absolute atomic E-state index is 12.4. The molecule has 1 aromatic heterocycles. The van der Waals surface area contributed by atoms with Gasteiger partial charge in [-0.05, 0) is 43.2 Å². The topological polar surface area (TPSA) is 74.2 Å². The number of sulfonamides is 1. The number of rotatable bonds is 8. The van der Waals surface area contributed by atoms with Gasteiger partial charge in [0.1, 0.15) is 0 Å². The average molecular weight is 403 g/mol. The molecule has 0 unspecified atom stereocenters. The summed E-state index contributed by atoms with van der Waals surface area (Å²) in [6.07, 6.45) is 0.0455. The van der Waals surface area contributed by atoms with Crippen molar-refractivity contribution in [1.82, 2.24) is 14.5 Å². The fraction of sp³-hybridized carbons (Fsp3) is 0.706. The molecule has 2 heterocycles. The lowest BCUT2D eigenvalue weighted by Crippen LogP contribution is -2.54. The molecule has 1 aliphatic heterocycles. The average Bonchev–Trinajstić information content (AvgIpc) is 3.12. The van der Waals surface area contributed by atoms with Gasteiger partial charge in [0.2, 0.25) is 10.0 Å². The largest absolute Gasteiger partial charge is 0.378 e. The van der Waals surface area contributed by atoms with E-state index < -0.39 is 10.0 Å². The predicted molar refractivity (Wildman–Crippen MR) is 107 cm³/mol. The normalized spacial score (nSPS) is 17.1. The van der Waals surface area contributed by atoms with Crippen LogP contribution in [0.5, 0.6) is 0 Å². The third-order valence-electron chi connectivity index (χ3n) is 4.05. The Balaban J connectivity index is 1.89. The fourth-order valence-electron chi connectivity index (χ4n) is 2.67. The van der Waals surface area contributed by atoms with Gasteiger partial charge in [0.15, 0.2) is 5.96 Å². The number of thiophene rings is 1. The molecule has 9 heteroatoms. The molecule has 2 rings (SSSR count). The second-order valence-corrected chi connectivity index (χ2v) is 9.29. The minimum atomic E-state index is -3.27. The second-order valence-electron chi connectivity index (χ2n) is 6.42. The van der Waals surface area contributed by atoms with Crippen LogP contribution in [-0.4, -0.2) is 74.8 Å². The van der Waals surface area contributed by atoms with E-state index >= 15 is 0 Å². The summed E-state index contributed by atoms with van der Waals surface area (Å²) in [6.45, 7) is 9.75. The number of nitrogens with one attached hydrogen (secondary N) is 1. The zero-order valence-electron chi connectivity index (χ0n) is 15.8. The zero-order chi connectivity index (χ0) is 19.0. The van der Waals surface area contributed by atoms with Crippen LogP contribution in [0, 0.1) is 0 Å². The molecular formula is C17H30N4O3S2. The van der Waals surface area contributed by atoms with Crippen molar-refractivity contribution in [1.29, 1.82) is 0 Å². The van der Waals surface area contributed by atoms with Gasteiger partial charge in [-0.15, -0.1) is 0 Å². The molecule has 1 aromatic rings.